The Morgan fingerprint density at radius 2 is 1.71 bits per heavy atom. The van der Waals surface area contributed by atoms with Gasteiger partial charge in [0.05, 0.1) is 12.2 Å². The fraction of sp³-hybridized carbons (Fsp3) is 0.346. The Hall–Kier alpha value is -3.81. The number of phenolic OH excluding ortho intramolecular Hbond substituents is 2. The van der Waals surface area contributed by atoms with Crippen molar-refractivity contribution in [1.82, 2.24) is 5.32 Å². The highest BCUT2D eigenvalue weighted by Gasteiger charge is 2.23. The number of para-hydroxylation sites is 1. The Morgan fingerprint density at radius 1 is 1.06 bits per heavy atom. The highest BCUT2D eigenvalue weighted by atomic mass is 16.4. The van der Waals surface area contributed by atoms with E-state index in [4.69, 9.17) is 10.2 Å². The van der Waals surface area contributed by atoms with Gasteiger partial charge in [0, 0.05) is 17.4 Å². The van der Waals surface area contributed by atoms with Gasteiger partial charge in [-0.1, -0.05) is 59.2 Å². The van der Waals surface area contributed by atoms with E-state index in [9.17, 15) is 24.6 Å². The van der Waals surface area contributed by atoms with Crippen molar-refractivity contribution in [2.75, 3.05) is 12.3 Å². The van der Waals surface area contributed by atoms with Gasteiger partial charge in [0.2, 0.25) is 0 Å². The summed E-state index contributed by atoms with van der Waals surface area (Å²) in [7, 11) is 0. The molecule has 5 N–H and O–H groups in total. The number of benzene rings is 2. The first kappa shape index (κ1) is 26.4. The molecule has 2 aromatic carbocycles. The molecule has 8 heteroatoms. The lowest BCUT2D eigenvalue weighted by molar-refractivity contribution is -0.119. The van der Waals surface area contributed by atoms with Crippen LogP contribution in [-0.4, -0.2) is 28.4 Å². The zero-order chi connectivity index (χ0) is 25.6. The van der Waals surface area contributed by atoms with E-state index in [0.717, 1.165) is 0 Å². The van der Waals surface area contributed by atoms with Crippen LogP contribution in [0.1, 0.15) is 57.8 Å². The minimum absolute atomic E-state index is 0.0723. The van der Waals surface area contributed by atoms with Crippen LogP contribution in [0, 0.1) is 5.41 Å². The van der Waals surface area contributed by atoms with E-state index in [1.54, 1.807) is 24.3 Å². The molecule has 0 radical (unpaired) electrons. The van der Waals surface area contributed by atoms with Crippen LogP contribution in [-0.2, 0) is 4.79 Å². The molecule has 0 fully saturated rings. The first-order valence-corrected chi connectivity index (χ1v) is 11.1. The summed E-state index contributed by atoms with van der Waals surface area (Å²) in [5, 5.41) is 22.1. The van der Waals surface area contributed by atoms with Gasteiger partial charge < -0.3 is 25.7 Å². The van der Waals surface area contributed by atoms with Gasteiger partial charge in [-0.15, -0.1) is 0 Å². The van der Waals surface area contributed by atoms with Crippen LogP contribution in [0.2, 0.25) is 0 Å². The molecule has 0 atom stereocenters. The maximum absolute atomic E-state index is 12.6. The molecule has 0 unspecified atom stereocenters. The number of carbonyl (C=O) groups excluding carboxylic acids is 2. The number of amides is 1. The fourth-order valence-corrected chi connectivity index (χ4v) is 3.30. The standard InChI is InChI=1S/C23H24N2O6.C3H8/c1-23(2,3)10-13(26)11-25-21(29)18-19(24)15-6-4-5-14(20(15)31-22(18)30)12-7-8-16(27)17(28)9-12;1-3-2/h4-9,27-28H,10-11,24H2,1-3H3,(H,25,29);3H2,1-2H3. The second-order valence-electron chi connectivity index (χ2n) is 9.23. The third-order valence-electron chi connectivity index (χ3n) is 4.66. The number of ketones is 1. The summed E-state index contributed by atoms with van der Waals surface area (Å²) < 4.78 is 5.41. The predicted octanol–water partition coefficient (Wildman–Crippen LogP) is 4.60. The van der Waals surface area contributed by atoms with Gasteiger partial charge in [0.15, 0.2) is 17.3 Å². The van der Waals surface area contributed by atoms with E-state index < -0.39 is 11.5 Å². The number of rotatable bonds is 5. The van der Waals surface area contributed by atoms with Crippen LogP contribution in [0.3, 0.4) is 0 Å². The van der Waals surface area contributed by atoms with E-state index in [1.807, 2.05) is 20.8 Å². The number of fused-ring (bicyclic) bond motifs is 1. The third kappa shape index (κ3) is 6.37. The number of nitrogens with two attached hydrogens (primary N) is 1. The average Bonchev–Trinajstić information content (AvgIpc) is 2.73. The molecule has 1 amide bonds. The topological polar surface area (TPSA) is 143 Å². The molecule has 0 aliphatic carbocycles. The number of phenols is 2. The lowest BCUT2D eigenvalue weighted by atomic mass is 9.90. The van der Waals surface area contributed by atoms with Crippen molar-refractivity contribution in [3.05, 3.63) is 52.4 Å². The van der Waals surface area contributed by atoms with Crippen molar-refractivity contribution in [3.63, 3.8) is 0 Å². The number of aromatic hydroxyl groups is 2. The average molecular weight is 469 g/mol. The Balaban J connectivity index is 0.00000129. The van der Waals surface area contributed by atoms with Gasteiger partial charge in [0.25, 0.3) is 5.91 Å². The number of nitrogens with one attached hydrogen (secondary N) is 1. The smallest absolute Gasteiger partial charge is 0.351 e. The summed E-state index contributed by atoms with van der Waals surface area (Å²) in [6, 6.07) is 9.08. The van der Waals surface area contributed by atoms with Crippen LogP contribution in [0.4, 0.5) is 5.69 Å². The van der Waals surface area contributed by atoms with E-state index in [1.165, 1.54) is 18.6 Å². The van der Waals surface area contributed by atoms with Crippen molar-refractivity contribution in [1.29, 1.82) is 0 Å². The molecule has 0 saturated heterocycles. The highest BCUT2D eigenvalue weighted by Crippen LogP contribution is 2.35. The second-order valence-corrected chi connectivity index (χ2v) is 9.23. The van der Waals surface area contributed by atoms with Gasteiger partial charge >= 0.3 is 5.63 Å². The van der Waals surface area contributed by atoms with Gasteiger partial charge in [-0.25, -0.2) is 4.79 Å². The maximum Gasteiger partial charge on any atom is 0.351 e. The SMILES string of the molecule is CC(C)(C)CC(=O)CNC(=O)c1c(N)c2cccc(-c3ccc(O)c(O)c3)c2oc1=O.CCC. The van der Waals surface area contributed by atoms with Crippen LogP contribution in [0.25, 0.3) is 22.1 Å². The summed E-state index contributed by atoms with van der Waals surface area (Å²) >= 11 is 0. The zero-order valence-corrected chi connectivity index (χ0v) is 20.2. The molecule has 34 heavy (non-hydrogen) atoms. The molecule has 0 spiro atoms. The summed E-state index contributed by atoms with van der Waals surface area (Å²) in [4.78, 5) is 37.2. The number of hydrogen-bond donors (Lipinski definition) is 4. The van der Waals surface area contributed by atoms with E-state index >= 15 is 0 Å². The summed E-state index contributed by atoms with van der Waals surface area (Å²) in [6.45, 7) is 9.76. The van der Waals surface area contributed by atoms with E-state index in [2.05, 4.69) is 19.2 Å². The third-order valence-corrected chi connectivity index (χ3v) is 4.66. The predicted molar refractivity (Wildman–Crippen MR) is 133 cm³/mol. The van der Waals surface area contributed by atoms with Crippen molar-refractivity contribution < 1.29 is 24.2 Å². The van der Waals surface area contributed by atoms with Gasteiger partial charge in [-0.05, 0) is 29.2 Å². The quantitative estimate of drug-likeness (QED) is 0.316. The molecule has 1 aromatic heterocycles. The lowest BCUT2D eigenvalue weighted by Gasteiger charge is -2.17. The summed E-state index contributed by atoms with van der Waals surface area (Å²) in [5.74, 6) is -1.58. The Labute approximate surface area is 198 Å². The van der Waals surface area contributed by atoms with Gasteiger partial charge in [-0.3, -0.25) is 9.59 Å². The molecule has 182 valence electrons. The van der Waals surface area contributed by atoms with Gasteiger partial charge in [-0.2, -0.15) is 0 Å². The van der Waals surface area contributed by atoms with E-state index in [-0.39, 0.29) is 52.5 Å². The first-order valence-electron chi connectivity index (χ1n) is 11.1. The van der Waals surface area contributed by atoms with Gasteiger partial charge in [0.1, 0.15) is 11.1 Å². The van der Waals surface area contributed by atoms with E-state index in [0.29, 0.717) is 16.5 Å². The van der Waals surface area contributed by atoms with Crippen LogP contribution < -0.4 is 16.7 Å². The number of Topliss-reactive ketones (excluding diaryl/α,β-unsaturated/α-hetero) is 1. The Bertz CT molecular complexity index is 1250. The van der Waals surface area contributed by atoms with Crippen LogP contribution in [0.15, 0.2) is 45.6 Å². The minimum Gasteiger partial charge on any atom is -0.504 e. The molecule has 0 bridgehead atoms. The lowest BCUT2D eigenvalue weighted by Crippen LogP contribution is -2.34. The second kappa shape index (κ2) is 10.9. The zero-order valence-electron chi connectivity index (χ0n) is 20.2. The molecular weight excluding hydrogens is 436 g/mol. The van der Waals surface area contributed by atoms with Crippen LogP contribution >= 0.6 is 0 Å². The van der Waals surface area contributed by atoms with Crippen molar-refractivity contribution in [3.8, 4) is 22.6 Å². The Morgan fingerprint density at radius 3 is 2.29 bits per heavy atom. The molecule has 3 aromatic rings. The first-order chi connectivity index (χ1) is 15.9. The van der Waals surface area contributed by atoms with Crippen molar-refractivity contribution in [2.45, 2.75) is 47.5 Å². The number of carbonyl (C=O) groups is 2. The largest absolute Gasteiger partial charge is 0.504 e. The summed E-state index contributed by atoms with van der Waals surface area (Å²) in [5.41, 5.74) is 5.59. The minimum atomic E-state index is -0.943. The molecule has 8 nitrogen and oxygen atoms in total. The van der Waals surface area contributed by atoms with Crippen molar-refractivity contribution in [2.24, 2.45) is 5.41 Å². The highest BCUT2D eigenvalue weighted by molar-refractivity contribution is 6.08. The van der Waals surface area contributed by atoms with Crippen LogP contribution in [0.5, 0.6) is 11.5 Å². The molecular formula is C26H32N2O6. The molecule has 0 aliphatic rings. The van der Waals surface area contributed by atoms with Crippen molar-refractivity contribution >= 4 is 28.3 Å². The Kier molecular flexibility index (Phi) is 8.46. The fourth-order valence-electron chi connectivity index (χ4n) is 3.30. The molecule has 1 heterocycles. The monoisotopic (exact) mass is 468 g/mol. The normalized spacial score (nSPS) is 11.0. The number of anilines is 1. The number of hydrogen-bond acceptors (Lipinski definition) is 7. The molecule has 3 rings (SSSR count). The maximum atomic E-state index is 12.6. The molecule has 0 saturated carbocycles. The number of nitrogen functional groups attached to an aromatic ring is 1. The molecule has 0 aliphatic heterocycles. The summed E-state index contributed by atoms with van der Waals surface area (Å²) in [6.07, 6.45) is 1.53.